The molecule has 1 aromatic carbocycles. The Hall–Kier alpha value is -2.24. The van der Waals surface area contributed by atoms with Crippen LogP contribution >= 0.6 is 22.7 Å². The van der Waals surface area contributed by atoms with E-state index in [4.69, 9.17) is 10.1 Å². The molecule has 1 aliphatic carbocycles. The minimum atomic E-state index is 0.631. The minimum absolute atomic E-state index is 0.631. The Morgan fingerprint density at radius 3 is 2.84 bits per heavy atom. The molecule has 0 fully saturated rings. The molecule has 25 heavy (non-hydrogen) atoms. The Morgan fingerprint density at radius 2 is 2.04 bits per heavy atom. The molecule has 2 heterocycles. The van der Waals surface area contributed by atoms with Gasteiger partial charge in [0.15, 0.2) is 0 Å². The number of thiazole rings is 1. The smallest absolute Gasteiger partial charge is 0.206 e. The number of aromatic nitrogens is 1. The average molecular weight is 366 g/mol. The number of nitrogens with zero attached hydrogens (tertiary/aromatic N) is 3. The molecular weight excluding hydrogens is 346 g/mol. The Morgan fingerprint density at radius 1 is 1.16 bits per heavy atom. The third-order valence-corrected chi connectivity index (χ3v) is 5.87. The van der Waals surface area contributed by atoms with Gasteiger partial charge in [-0.3, -0.25) is 4.99 Å². The molecule has 0 saturated heterocycles. The molecule has 0 bridgehead atoms. The van der Waals surface area contributed by atoms with Crippen molar-refractivity contribution in [2.24, 2.45) is 10.1 Å². The fourth-order valence-electron chi connectivity index (χ4n) is 2.93. The van der Waals surface area contributed by atoms with E-state index in [-0.39, 0.29) is 0 Å². The molecule has 0 saturated carbocycles. The van der Waals surface area contributed by atoms with Gasteiger partial charge < -0.3 is 0 Å². The largest absolute Gasteiger partial charge is 0.253 e. The molecule has 0 radical (unpaired) electrons. The highest BCUT2D eigenvalue weighted by Crippen LogP contribution is 2.27. The van der Waals surface area contributed by atoms with E-state index in [1.54, 1.807) is 22.7 Å². The number of aryl methyl sites for hydroxylation is 1. The zero-order valence-electron chi connectivity index (χ0n) is 14.1. The Balaban J connectivity index is 1.85. The van der Waals surface area contributed by atoms with Crippen LogP contribution in [0.5, 0.6) is 0 Å². The summed E-state index contributed by atoms with van der Waals surface area (Å²) in [5, 5.41) is 9.26. The van der Waals surface area contributed by atoms with Crippen molar-refractivity contribution in [2.75, 3.05) is 6.54 Å². The number of thiophene rings is 1. The maximum atomic E-state index is 5.02. The summed E-state index contributed by atoms with van der Waals surface area (Å²) in [5.74, 6) is 0. The molecule has 0 aliphatic heterocycles. The highest BCUT2D eigenvalue weighted by atomic mass is 32.1. The van der Waals surface area contributed by atoms with Crippen LogP contribution in [0, 0.1) is 0 Å². The summed E-state index contributed by atoms with van der Waals surface area (Å²) >= 11 is 3.36. The molecule has 0 amide bonds. The highest BCUT2D eigenvalue weighted by Gasteiger charge is 2.18. The van der Waals surface area contributed by atoms with Gasteiger partial charge in [0, 0.05) is 10.9 Å². The first-order valence-corrected chi connectivity index (χ1v) is 10.0. The number of hydrogen-bond acceptors (Lipinski definition) is 4. The normalized spacial score (nSPS) is 15.7. The second-order valence-corrected chi connectivity index (χ2v) is 7.95. The van der Waals surface area contributed by atoms with Gasteiger partial charge in [-0.05, 0) is 36.8 Å². The van der Waals surface area contributed by atoms with E-state index in [9.17, 15) is 0 Å². The summed E-state index contributed by atoms with van der Waals surface area (Å²) in [7, 11) is 0. The van der Waals surface area contributed by atoms with E-state index in [2.05, 4.69) is 53.7 Å². The van der Waals surface area contributed by atoms with E-state index < -0.39 is 0 Å². The van der Waals surface area contributed by atoms with Crippen molar-refractivity contribution < 1.29 is 0 Å². The molecule has 0 unspecified atom stereocenters. The fraction of sp³-hybridized carbons (Fsp3) is 0.200. The molecule has 0 spiro atoms. The van der Waals surface area contributed by atoms with Gasteiger partial charge >= 0.3 is 0 Å². The van der Waals surface area contributed by atoms with Gasteiger partial charge in [0.25, 0.3) is 0 Å². The molecule has 3 aromatic rings. The van der Waals surface area contributed by atoms with Crippen molar-refractivity contribution >= 4 is 28.4 Å². The molecule has 2 aromatic heterocycles. The third kappa shape index (κ3) is 3.30. The van der Waals surface area contributed by atoms with Crippen molar-refractivity contribution in [3.63, 3.8) is 0 Å². The van der Waals surface area contributed by atoms with E-state index in [0.717, 1.165) is 34.6 Å². The van der Waals surface area contributed by atoms with Crippen LogP contribution in [0.15, 0.2) is 69.4 Å². The SMILES string of the molecule is C=C(C)CN=c1scc(-c2cccs2)n1N=C1CCc2ccccc21. The third-order valence-electron chi connectivity index (χ3n) is 4.12. The fourth-order valence-corrected chi connectivity index (χ4v) is 4.56. The second-order valence-electron chi connectivity index (χ2n) is 6.17. The molecule has 126 valence electrons. The van der Waals surface area contributed by atoms with Gasteiger partial charge in [-0.1, -0.05) is 42.5 Å². The summed E-state index contributed by atoms with van der Waals surface area (Å²) < 4.78 is 2.01. The van der Waals surface area contributed by atoms with Crippen LogP contribution in [0.4, 0.5) is 0 Å². The summed E-state index contributed by atoms with van der Waals surface area (Å²) in [4.78, 5) is 6.85. The molecule has 0 atom stereocenters. The average Bonchev–Trinajstić information content (AvgIpc) is 3.33. The predicted octanol–water partition coefficient (Wildman–Crippen LogP) is 4.95. The lowest BCUT2D eigenvalue weighted by molar-refractivity contribution is 0.828. The number of benzene rings is 1. The predicted molar refractivity (Wildman–Crippen MR) is 108 cm³/mol. The first-order chi connectivity index (χ1) is 12.2. The van der Waals surface area contributed by atoms with Crippen LogP contribution in [0.1, 0.15) is 24.5 Å². The van der Waals surface area contributed by atoms with Crippen LogP contribution < -0.4 is 4.80 Å². The van der Waals surface area contributed by atoms with Crippen molar-refractivity contribution in [1.82, 2.24) is 4.68 Å². The van der Waals surface area contributed by atoms with Crippen molar-refractivity contribution in [3.8, 4) is 10.6 Å². The van der Waals surface area contributed by atoms with Crippen LogP contribution in [-0.4, -0.2) is 16.9 Å². The number of hydrogen-bond donors (Lipinski definition) is 0. The van der Waals surface area contributed by atoms with E-state index in [1.807, 2.05) is 11.6 Å². The standard InChI is InChI=1S/C20H19N3S2/c1-14(2)12-21-20-23(18(13-25-20)19-8-5-11-24-19)22-17-10-9-15-6-3-4-7-16(15)17/h3-8,11,13H,1,9-10,12H2,2H3. The van der Waals surface area contributed by atoms with Crippen LogP contribution in [0.25, 0.3) is 10.6 Å². The zero-order chi connectivity index (χ0) is 17.2. The highest BCUT2D eigenvalue weighted by molar-refractivity contribution is 7.14. The minimum Gasteiger partial charge on any atom is -0.253 e. The topological polar surface area (TPSA) is 29.6 Å². The van der Waals surface area contributed by atoms with Gasteiger partial charge in [-0.15, -0.1) is 22.7 Å². The molecule has 0 N–H and O–H groups in total. The first kappa shape index (κ1) is 16.2. The maximum absolute atomic E-state index is 5.02. The Labute approximate surface area is 155 Å². The molecule has 5 heteroatoms. The number of fused-ring (bicyclic) bond motifs is 1. The Bertz CT molecular complexity index is 1000. The van der Waals surface area contributed by atoms with Crippen LogP contribution in [0.2, 0.25) is 0 Å². The van der Waals surface area contributed by atoms with Crippen molar-refractivity contribution in [2.45, 2.75) is 19.8 Å². The molecule has 3 nitrogen and oxygen atoms in total. The summed E-state index contributed by atoms with van der Waals surface area (Å²) in [5.41, 5.74) is 5.96. The quantitative estimate of drug-likeness (QED) is 0.585. The van der Waals surface area contributed by atoms with Gasteiger partial charge in [-0.2, -0.15) is 5.10 Å². The summed E-state index contributed by atoms with van der Waals surface area (Å²) in [6.07, 6.45) is 2.04. The van der Waals surface area contributed by atoms with E-state index in [0.29, 0.717) is 6.54 Å². The number of rotatable bonds is 4. The zero-order valence-corrected chi connectivity index (χ0v) is 15.7. The van der Waals surface area contributed by atoms with Gasteiger partial charge in [-0.25, -0.2) is 4.68 Å². The first-order valence-electron chi connectivity index (χ1n) is 8.28. The molecule has 4 rings (SSSR count). The lowest BCUT2D eigenvalue weighted by Crippen LogP contribution is -2.14. The lowest BCUT2D eigenvalue weighted by Gasteiger charge is -2.04. The summed E-state index contributed by atoms with van der Waals surface area (Å²) in [6.45, 7) is 6.59. The van der Waals surface area contributed by atoms with E-state index >= 15 is 0 Å². The van der Waals surface area contributed by atoms with Crippen molar-refractivity contribution in [3.05, 3.63) is 75.2 Å². The maximum Gasteiger partial charge on any atom is 0.206 e. The second kappa shape index (κ2) is 6.94. The van der Waals surface area contributed by atoms with Gasteiger partial charge in [0.1, 0.15) is 0 Å². The van der Waals surface area contributed by atoms with Gasteiger partial charge in [0.05, 0.1) is 22.8 Å². The molecular formula is C20H19N3S2. The summed E-state index contributed by atoms with van der Waals surface area (Å²) in [6, 6.07) is 12.8. The van der Waals surface area contributed by atoms with Crippen LogP contribution in [0.3, 0.4) is 0 Å². The molecule has 1 aliphatic rings. The lowest BCUT2D eigenvalue weighted by atomic mass is 10.1. The van der Waals surface area contributed by atoms with Crippen molar-refractivity contribution in [1.29, 1.82) is 0 Å². The van der Waals surface area contributed by atoms with Gasteiger partial charge in [0.2, 0.25) is 4.80 Å². The van der Waals surface area contributed by atoms with Crippen LogP contribution in [-0.2, 0) is 6.42 Å². The monoisotopic (exact) mass is 365 g/mol. The van der Waals surface area contributed by atoms with E-state index in [1.165, 1.54) is 16.0 Å². The Kier molecular flexibility index (Phi) is 4.51.